The topological polar surface area (TPSA) is 75.7 Å². The van der Waals surface area contributed by atoms with Crippen LogP contribution in [0.5, 0.6) is 5.75 Å². The van der Waals surface area contributed by atoms with Crippen molar-refractivity contribution in [3.8, 4) is 5.75 Å². The summed E-state index contributed by atoms with van der Waals surface area (Å²) >= 11 is 0. The SMILES string of the molecule is O=C(CN1C(=O)C2CC=CCC2C1=O)Nc1cccc(OC(F)(F)F)c1. The monoisotopic (exact) mass is 368 g/mol. The largest absolute Gasteiger partial charge is 0.573 e. The van der Waals surface area contributed by atoms with Crippen molar-refractivity contribution in [2.45, 2.75) is 19.2 Å². The van der Waals surface area contributed by atoms with Crippen LogP contribution in [0.4, 0.5) is 18.9 Å². The number of hydrogen-bond acceptors (Lipinski definition) is 4. The van der Waals surface area contributed by atoms with Crippen LogP contribution in [0, 0.1) is 11.8 Å². The van der Waals surface area contributed by atoms with Crippen LogP contribution in [0.15, 0.2) is 36.4 Å². The van der Waals surface area contributed by atoms with E-state index in [-0.39, 0.29) is 5.69 Å². The van der Waals surface area contributed by atoms with Gasteiger partial charge in [0.2, 0.25) is 17.7 Å². The number of amides is 3. The molecule has 1 fully saturated rings. The first-order valence-corrected chi connectivity index (χ1v) is 7.90. The fraction of sp³-hybridized carbons (Fsp3) is 0.353. The van der Waals surface area contributed by atoms with Crippen molar-refractivity contribution in [1.82, 2.24) is 4.90 Å². The second-order valence-electron chi connectivity index (χ2n) is 6.04. The number of carbonyl (C=O) groups is 3. The van der Waals surface area contributed by atoms with Gasteiger partial charge in [0.1, 0.15) is 12.3 Å². The van der Waals surface area contributed by atoms with Gasteiger partial charge in [-0.1, -0.05) is 18.2 Å². The predicted octanol–water partition coefficient (Wildman–Crippen LogP) is 2.47. The molecule has 9 heteroatoms. The predicted molar refractivity (Wildman–Crippen MR) is 83.8 cm³/mol. The molecule has 2 aliphatic rings. The number of rotatable bonds is 4. The van der Waals surface area contributed by atoms with Crippen molar-refractivity contribution in [1.29, 1.82) is 0 Å². The number of likely N-dealkylation sites (tertiary alicyclic amines) is 1. The van der Waals surface area contributed by atoms with Crippen LogP contribution >= 0.6 is 0 Å². The highest BCUT2D eigenvalue weighted by molar-refractivity contribution is 6.08. The minimum absolute atomic E-state index is 0.0647. The third-order valence-electron chi connectivity index (χ3n) is 4.25. The third kappa shape index (κ3) is 3.87. The molecule has 138 valence electrons. The maximum atomic E-state index is 12.3. The van der Waals surface area contributed by atoms with Gasteiger partial charge in [-0.15, -0.1) is 13.2 Å². The molecule has 0 spiro atoms. The van der Waals surface area contributed by atoms with Crippen LogP contribution in [0.2, 0.25) is 0 Å². The zero-order valence-electron chi connectivity index (χ0n) is 13.5. The maximum absolute atomic E-state index is 12.3. The number of ether oxygens (including phenoxy) is 1. The number of anilines is 1. The van der Waals surface area contributed by atoms with Crippen LogP contribution in [0.3, 0.4) is 0 Å². The Morgan fingerprint density at radius 2 is 1.77 bits per heavy atom. The Hall–Kier alpha value is -2.84. The highest BCUT2D eigenvalue weighted by Gasteiger charge is 2.47. The summed E-state index contributed by atoms with van der Waals surface area (Å²) in [5.41, 5.74) is 0.0647. The summed E-state index contributed by atoms with van der Waals surface area (Å²) in [5, 5.41) is 2.37. The summed E-state index contributed by atoms with van der Waals surface area (Å²) in [7, 11) is 0. The number of benzene rings is 1. The first-order chi connectivity index (χ1) is 12.2. The van der Waals surface area contributed by atoms with E-state index in [9.17, 15) is 27.6 Å². The number of nitrogens with zero attached hydrogens (tertiary/aromatic N) is 1. The van der Waals surface area contributed by atoms with Gasteiger partial charge in [-0.2, -0.15) is 0 Å². The van der Waals surface area contributed by atoms with E-state index in [4.69, 9.17) is 0 Å². The van der Waals surface area contributed by atoms with Gasteiger partial charge in [-0.25, -0.2) is 0 Å². The smallest absolute Gasteiger partial charge is 0.406 e. The Morgan fingerprint density at radius 1 is 1.15 bits per heavy atom. The van der Waals surface area contributed by atoms with Crippen molar-refractivity contribution >= 4 is 23.4 Å². The summed E-state index contributed by atoms with van der Waals surface area (Å²) in [4.78, 5) is 37.6. The van der Waals surface area contributed by atoms with Crippen molar-refractivity contribution in [2.24, 2.45) is 11.8 Å². The Morgan fingerprint density at radius 3 is 2.35 bits per heavy atom. The van der Waals surface area contributed by atoms with Gasteiger partial charge in [0.25, 0.3) is 0 Å². The van der Waals surface area contributed by atoms with Gasteiger partial charge in [0.05, 0.1) is 11.8 Å². The van der Waals surface area contributed by atoms with Gasteiger partial charge in [0.15, 0.2) is 0 Å². The number of hydrogen-bond donors (Lipinski definition) is 1. The molecule has 1 aromatic rings. The van der Waals surface area contributed by atoms with Gasteiger partial charge in [-0.3, -0.25) is 19.3 Å². The summed E-state index contributed by atoms with van der Waals surface area (Å²) in [5.74, 6) is -2.84. The van der Waals surface area contributed by atoms with Gasteiger partial charge >= 0.3 is 6.36 Å². The second-order valence-corrected chi connectivity index (χ2v) is 6.04. The molecule has 3 amide bonds. The zero-order valence-corrected chi connectivity index (χ0v) is 13.5. The van der Waals surface area contributed by atoms with Gasteiger partial charge < -0.3 is 10.1 Å². The highest BCUT2D eigenvalue weighted by atomic mass is 19.4. The van der Waals surface area contributed by atoms with Crippen LogP contribution in [0.25, 0.3) is 0 Å². The lowest BCUT2D eigenvalue weighted by molar-refractivity contribution is -0.274. The molecule has 1 aliphatic heterocycles. The number of fused-ring (bicyclic) bond motifs is 1. The molecule has 6 nitrogen and oxygen atoms in total. The van der Waals surface area contributed by atoms with Crippen LogP contribution in [-0.4, -0.2) is 35.5 Å². The Balaban J connectivity index is 1.64. The Bertz CT molecular complexity index is 750. The lowest BCUT2D eigenvalue weighted by Gasteiger charge is -2.15. The first-order valence-electron chi connectivity index (χ1n) is 7.90. The Kier molecular flexibility index (Phi) is 4.71. The van der Waals surface area contributed by atoms with E-state index in [2.05, 4.69) is 10.1 Å². The fourth-order valence-electron chi connectivity index (χ4n) is 3.14. The maximum Gasteiger partial charge on any atom is 0.573 e. The van der Waals surface area contributed by atoms with Crippen LogP contribution in [0.1, 0.15) is 12.8 Å². The minimum Gasteiger partial charge on any atom is -0.406 e. The molecule has 3 rings (SSSR count). The van der Waals surface area contributed by atoms with Gasteiger partial charge in [-0.05, 0) is 25.0 Å². The van der Waals surface area contributed by atoms with Crippen molar-refractivity contribution in [3.05, 3.63) is 36.4 Å². The molecule has 1 aliphatic carbocycles. The first kappa shape index (κ1) is 18.0. The van der Waals surface area contributed by atoms with E-state index in [1.807, 2.05) is 12.2 Å². The number of carbonyl (C=O) groups excluding carboxylic acids is 3. The van der Waals surface area contributed by atoms with Crippen molar-refractivity contribution in [3.63, 3.8) is 0 Å². The third-order valence-corrected chi connectivity index (χ3v) is 4.25. The molecule has 0 bridgehead atoms. The molecule has 0 aromatic heterocycles. The van der Waals surface area contributed by atoms with E-state index < -0.39 is 48.2 Å². The number of imide groups is 1. The number of alkyl halides is 3. The van der Waals surface area contributed by atoms with Crippen LogP contribution in [-0.2, 0) is 14.4 Å². The Labute approximate surface area is 146 Å². The quantitative estimate of drug-likeness (QED) is 0.654. The average molecular weight is 368 g/mol. The summed E-state index contributed by atoms with van der Waals surface area (Å²) in [6.07, 6.45) is -0.250. The lowest BCUT2D eigenvalue weighted by Crippen LogP contribution is -2.38. The van der Waals surface area contributed by atoms with Gasteiger partial charge in [0, 0.05) is 11.8 Å². The molecule has 26 heavy (non-hydrogen) atoms. The molecule has 2 atom stereocenters. The van der Waals surface area contributed by atoms with E-state index in [0.29, 0.717) is 12.8 Å². The number of halogens is 3. The molecular formula is C17H15F3N2O4. The van der Waals surface area contributed by atoms with Crippen LogP contribution < -0.4 is 10.1 Å². The second kappa shape index (κ2) is 6.81. The lowest BCUT2D eigenvalue weighted by atomic mass is 9.85. The molecule has 2 unspecified atom stereocenters. The molecule has 1 saturated heterocycles. The minimum atomic E-state index is -4.85. The van der Waals surface area contributed by atoms with Crippen molar-refractivity contribution in [2.75, 3.05) is 11.9 Å². The van der Waals surface area contributed by atoms with E-state index in [0.717, 1.165) is 17.0 Å². The zero-order chi connectivity index (χ0) is 18.9. The standard InChI is InChI=1S/C17H15F3N2O4/c18-17(19,20)26-11-5-3-4-10(8-11)21-14(23)9-22-15(24)12-6-1-2-7-13(12)16(22)25/h1-5,8,12-13H,6-7,9H2,(H,21,23). The molecule has 1 aromatic carbocycles. The summed E-state index contributed by atoms with van der Waals surface area (Å²) in [6, 6.07) is 4.75. The molecule has 0 saturated carbocycles. The number of allylic oxidation sites excluding steroid dienone is 2. The summed E-state index contributed by atoms with van der Waals surface area (Å²) in [6.45, 7) is -0.477. The van der Waals surface area contributed by atoms with E-state index in [1.54, 1.807) is 0 Å². The van der Waals surface area contributed by atoms with Crippen molar-refractivity contribution < 1.29 is 32.3 Å². The molecule has 1 heterocycles. The highest BCUT2D eigenvalue weighted by Crippen LogP contribution is 2.35. The summed E-state index contributed by atoms with van der Waals surface area (Å²) < 4.78 is 40.5. The van der Waals surface area contributed by atoms with E-state index >= 15 is 0 Å². The number of nitrogens with one attached hydrogen (secondary N) is 1. The fourth-order valence-corrected chi connectivity index (χ4v) is 3.14. The average Bonchev–Trinajstić information content (AvgIpc) is 2.79. The normalized spacial score (nSPS) is 22.3. The molecular weight excluding hydrogens is 353 g/mol. The van der Waals surface area contributed by atoms with E-state index in [1.165, 1.54) is 12.1 Å². The molecule has 1 N–H and O–H groups in total. The molecule has 0 radical (unpaired) electrons.